The molecule has 1 N–H and O–H groups in total. The number of ketones is 1. The molecule has 17 heavy (non-hydrogen) atoms. The van der Waals surface area contributed by atoms with Crippen molar-refractivity contribution in [3.05, 3.63) is 35.4 Å². The normalized spacial score (nSPS) is 10.0. The van der Waals surface area contributed by atoms with E-state index in [4.69, 9.17) is 5.11 Å². The van der Waals surface area contributed by atoms with Gasteiger partial charge < -0.3 is 9.84 Å². The van der Waals surface area contributed by atoms with E-state index in [9.17, 15) is 9.59 Å². The van der Waals surface area contributed by atoms with Gasteiger partial charge in [0.2, 0.25) is 0 Å². The molecule has 4 nitrogen and oxygen atoms in total. The Kier molecular flexibility index (Phi) is 5.36. The van der Waals surface area contributed by atoms with Crippen molar-refractivity contribution in [3.63, 3.8) is 0 Å². The summed E-state index contributed by atoms with van der Waals surface area (Å²) in [6.45, 7) is 1.99. The molecule has 0 aliphatic carbocycles. The lowest BCUT2D eigenvalue weighted by molar-refractivity contribution is -0.137. The first kappa shape index (κ1) is 13.4. The maximum Gasteiger partial charge on any atom is 0.379 e. The Bertz CT molecular complexity index is 381. The molecule has 0 bridgehead atoms. The van der Waals surface area contributed by atoms with Crippen LogP contribution in [0, 0.1) is 0 Å². The molecule has 0 fully saturated rings. The number of rotatable bonds is 6. The number of ether oxygens (including phenoxy) is 1. The predicted octanol–water partition coefficient (Wildman–Crippen LogP) is 1.36. The van der Waals surface area contributed by atoms with Gasteiger partial charge in [-0.1, -0.05) is 24.3 Å². The molecular weight excluding hydrogens is 220 g/mol. The van der Waals surface area contributed by atoms with Gasteiger partial charge in [0.1, 0.15) is 0 Å². The summed E-state index contributed by atoms with van der Waals surface area (Å²) in [6, 6.07) is 6.77. The maximum absolute atomic E-state index is 11.5. The smallest absolute Gasteiger partial charge is 0.379 e. The highest BCUT2D eigenvalue weighted by Crippen LogP contribution is 2.08. The van der Waals surface area contributed by atoms with Crippen molar-refractivity contribution in [1.29, 1.82) is 0 Å². The number of esters is 1. The molecule has 1 aromatic rings. The molecule has 0 aliphatic rings. The summed E-state index contributed by atoms with van der Waals surface area (Å²) < 4.78 is 4.63. The summed E-state index contributed by atoms with van der Waals surface area (Å²) in [5.74, 6) is -1.45. The Hall–Kier alpha value is -1.68. The third-order valence-corrected chi connectivity index (χ3v) is 2.30. The van der Waals surface area contributed by atoms with E-state index in [0.29, 0.717) is 12.0 Å². The quantitative estimate of drug-likeness (QED) is 0.460. The molecule has 0 amide bonds. The third kappa shape index (κ3) is 4.00. The fourth-order valence-corrected chi connectivity index (χ4v) is 1.42. The Morgan fingerprint density at radius 3 is 2.41 bits per heavy atom. The first-order chi connectivity index (χ1) is 8.19. The zero-order chi connectivity index (χ0) is 12.7. The Labute approximate surface area is 100 Å². The van der Waals surface area contributed by atoms with Gasteiger partial charge in [-0.25, -0.2) is 4.79 Å². The third-order valence-electron chi connectivity index (χ3n) is 2.30. The van der Waals surface area contributed by atoms with Crippen molar-refractivity contribution < 1.29 is 19.4 Å². The van der Waals surface area contributed by atoms with E-state index < -0.39 is 11.8 Å². The monoisotopic (exact) mass is 236 g/mol. The molecule has 0 saturated heterocycles. The molecular formula is C13H16O4. The molecule has 0 heterocycles. The maximum atomic E-state index is 11.5. The highest BCUT2D eigenvalue weighted by molar-refractivity contribution is 6.40. The average molecular weight is 236 g/mol. The van der Waals surface area contributed by atoms with Crippen LogP contribution in [0.25, 0.3) is 0 Å². The molecule has 0 spiro atoms. The Balaban J connectivity index is 2.67. The summed E-state index contributed by atoms with van der Waals surface area (Å²) in [5, 5.41) is 8.69. The molecule has 92 valence electrons. The highest BCUT2D eigenvalue weighted by Gasteiger charge is 2.16. The summed E-state index contributed by atoms with van der Waals surface area (Å²) in [5.41, 5.74) is 1.36. The van der Waals surface area contributed by atoms with Crippen molar-refractivity contribution in [2.75, 3.05) is 13.2 Å². The number of aliphatic hydroxyl groups is 1. The first-order valence-electron chi connectivity index (χ1n) is 5.60. The Morgan fingerprint density at radius 1 is 1.24 bits per heavy atom. The van der Waals surface area contributed by atoms with E-state index >= 15 is 0 Å². The summed E-state index contributed by atoms with van der Waals surface area (Å²) in [7, 11) is 0. The topological polar surface area (TPSA) is 63.6 Å². The lowest BCUT2D eigenvalue weighted by Crippen LogP contribution is -2.17. The summed E-state index contributed by atoms with van der Waals surface area (Å²) in [6.07, 6.45) is 1.44. The van der Waals surface area contributed by atoms with Gasteiger partial charge >= 0.3 is 5.97 Å². The van der Waals surface area contributed by atoms with Crippen LogP contribution in [0.2, 0.25) is 0 Å². The van der Waals surface area contributed by atoms with E-state index in [0.717, 1.165) is 12.0 Å². The minimum atomic E-state index is -0.824. The van der Waals surface area contributed by atoms with Crippen molar-refractivity contribution >= 4 is 11.8 Å². The van der Waals surface area contributed by atoms with Crippen LogP contribution in [0.1, 0.15) is 29.3 Å². The number of carbonyl (C=O) groups is 2. The van der Waals surface area contributed by atoms with E-state index in [2.05, 4.69) is 4.74 Å². The van der Waals surface area contributed by atoms with Gasteiger partial charge in [-0.05, 0) is 25.3 Å². The van der Waals surface area contributed by atoms with Gasteiger partial charge in [0.25, 0.3) is 5.78 Å². The van der Waals surface area contributed by atoms with Crippen LogP contribution in [0.3, 0.4) is 0 Å². The number of carbonyl (C=O) groups excluding carboxylic acids is 2. The van der Waals surface area contributed by atoms with Crippen molar-refractivity contribution in [3.8, 4) is 0 Å². The zero-order valence-electron chi connectivity index (χ0n) is 9.81. The second-order valence-electron chi connectivity index (χ2n) is 3.57. The van der Waals surface area contributed by atoms with Gasteiger partial charge in [-0.2, -0.15) is 0 Å². The standard InChI is InChI=1S/C13H16O4/c1-2-17-13(16)12(15)11-7-5-10(6-8-11)4-3-9-14/h5-8,14H,2-4,9H2,1H3. The largest absolute Gasteiger partial charge is 0.460 e. The number of hydrogen-bond donors (Lipinski definition) is 1. The molecule has 0 aliphatic heterocycles. The van der Waals surface area contributed by atoms with E-state index in [1.807, 2.05) is 0 Å². The Morgan fingerprint density at radius 2 is 1.88 bits per heavy atom. The van der Waals surface area contributed by atoms with Crippen LogP contribution in [-0.4, -0.2) is 30.1 Å². The highest BCUT2D eigenvalue weighted by atomic mass is 16.5. The summed E-state index contributed by atoms with van der Waals surface area (Å²) >= 11 is 0. The van der Waals surface area contributed by atoms with Gasteiger partial charge in [0, 0.05) is 12.2 Å². The summed E-state index contributed by atoms with van der Waals surface area (Å²) in [4.78, 5) is 22.7. The average Bonchev–Trinajstić information content (AvgIpc) is 2.36. The van der Waals surface area contributed by atoms with Crippen LogP contribution < -0.4 is 0 Å². The fourth-order valence-electron chi connectivity index (χ4n) is 1.42. The number of aliphatic hydroxyl groups excluding tert-OH is 1. The number of hydrogen-bond acceptors (Lipinski definition) is 4. The predicted molar refractivity (Wildman–Crippen MR) is 62.8 cm³/mol. The number of Topliss-reactive ketones (excluding diaryl/α,β-unsaturated/α-hetero) is 1. The van der Waals surface area contributed by atoms with E-state index in [1.165, 1.54) is 0 Å². The van der Waals surface area contributed by atoms with Crippen LogP contribution in [0.5, 0.6) is 0 Å². The second kappa shape index (κ2) is 6.81. The molecule has 0 saturated carbocycles. The molecule has 1 rings (SSSR count). The van der Waals surface area contributed by atoms with Gasteiger partial charge in [-0.3, -0.25) is 4.79 Å². The van der Waals surface area contributed by atoms with Crippen molar-refractivity contribution in [1.82, 2.24) is 0 Å². The molecule has 0 radical (unpaired) electrons. The minimum Gasteiger partial charge on any atom is -0.460 e. The van der Waals surface area contributed by atoms with Crippen molar-refractivity contribution in [2.24, 2.45) is 0 Å². The van der Waals surface area contributed by atoms with Crippen LogP contribution >= 0.6 is 0 Å². The minimum absolute atomic E-state index is 0.142. The zero-order valence-corrected chi connectivity index (χ0v) is 9.81. The SMILES string of the molecule is CCOC(=O)C(=O)c1ccc(CCCO)cc1. The molecule has 0 aromatic heterocycles. The number of aryl methyl sites for hydroxylation is 1. The lowest BCUT2D eigenvalue weighted by Gasteiger charge is -2.03. The van der Waals surface area contributed by atoms with Crippen LogP contribution in [0.15, 0.2) is 24.3 Å². The molecule has 0 atom stereocenters. The molecule has 4 heteroatoms. The van der Waals surface area contributed by atoms with Gasteiger partial charge in [0.15, 0.2) is 0 Å². The van der Waals surface area contributed by atoms with Crippen molar-refractivity contribution in [2.45, 2.75) is 19.8 Å². The fraction of sp³-hybridized carbons (Fsp3) is 0.385. The number of benzene rings is 1. The lowest BCUT2D eigenvalue weighted by atomic mass is 10.1. The van der Waals surface area contributed by atoms with E-state index in [-0.39, 0.29) is 13.2 Å². The van der Waals surface area contributed by atoms with Crippen LogP contribution in [-0.2, 0) is 16.0 Å². The second-order valence-corrected chi connectivity index (χ2v) is 3.57. The first-order valence-corrected chi connectivity index (χ1v) is 5.60. The molecule has 1 aromatic carbocycles. The molecule has 0 unspecified atom stereocenters. The van der Waals surface area contributed by atoms with Gasteiger partial charge in [0.05, 0.1) is 6.61 Å². The van der Waals surface area contributed by atoms with E-state index in [1.54, 1.807) is 31.2 Å². The van der Waals surface area contributed by atoms with Crippen LogP contribution in [0.4, 0.5) is 0 Å². The van der Waals surface area contributed by atoms with Gasteiger partial charge in [-0.15, -0.1) is 0 Å².